The van der Waals surface area contributed by atoms with Gasteiger partial charge in [-0.05, 0) is 141 Å². The van der Waals surface area contributed by atoms with Crippen LogP contribution in [-0.2, 0) is 0 Å². The highest BCUT2D eigenvalue weighted by molar-refractivity contribution is 7.99. The second-order valence-corrected chi connectivity index (χ2v) is 18.8. The highest BCUT2D eigenvalue weighted by atomic mass is 32.2. The number of benzene rings is 10. The molecule has 0 amide bonds. The number of thiophene rings is 1. The summed E-state index contributed by atoms with van der Waals surface area (Å²) in [5, 5.41) is 0. The van der Waals surface area contributed by atoms with Crippen molar-refractivity contribution in [2.75, 3.05) is 16.1 Å². The van der Waals surface area contributed by atoms with E-state index in [1.807, 2.05) is 11.3 Å². The molecule has 0 aliphatic carbocycles. The summed E-state index contributed by atoms with van der Waals surface area (Å²) >= 11 is 3.66. The molecule has 0 unspecified atom stereocenters. The van der Waals surface area contributed by atoms with E-state index in [1.165, 1.54) is 70.3 Å². The summed E-state index contributed by atoms with van der Waals surface area (Å²) in [4.78, 5) is 8.49. The summed E-state index contributed by atoms with van der Waals surface area (Å²) in [6.45, 7) is 0. The molecule has 0 aliphatic heterocycles. The lowest BCUT2D eigenvalue weighted by molar-refractivity contribution is 1.28. The maximum Gasteiger partial charge on any atom is 0.0485 e. The number of nitrogens with zero attached hydrogens (tertiary/aromatic N) is 2. The van der Waals surface area contributed by atoms with E-state index < -0.39 is 0 Å². The predicted octanol–water partition coefficient (Wildman–Crippen LogP) is 19.4. The van der Waals surface area contributed by atoms with Crippen molar-refractivity contribution in [3.8, 4) is 65.4 Å². The molecule has 0 aliphatic rings. The van der Waals surface area contributed by atoms with Crippen molar-refractivity contribution in [1.82, 2.24) is 0 Å². The standard InChI is InChI=1S/C65H48N2S2/c1-68-64-46-63(55-30-42-61(43-31-55)66(57-34-22-51(23-35-57)47-14-6-2-7-15-47)58-36-24-52(25-37-58)48-16-8-3-9-17-48)69-65(64)56-32-44-62(45-33-56)67(59-38-26-53(27-39-59)49-18-10-4-11-19-49)60-40-28-54(29-41-60)50-20-12-5-13-21-50/h2-46H,1H3. The highest BCUT2D eigenvalue weighted by Gasteiger charge is 2.18. The van der Waals surface area contributed by atoms with Crippen LogP contribution in [0, 0.1) is 0 Å². The second-order valence-electron chi connectivity index (χ2n) is 16.9. The maximum absolute atomic E-state index is 2.35. The molecule has 330 valence electrons. The van der Waals surface area contributed by atoms with Crippen LogP contribution in [0.3, 0.4) is 0 Å². The lowest BCUT2D eigenvalue weighted by Crippen LogP contribution is -2.09. The minimum absolute atomic E-state index is 1.10. The Bertz CT molecular complexity index is 3220. The van der Waals surface area contributed by atoms with Gasteiger partial charge < -0.3 is 9.80 Å². The van der Waals surface area contributed by atoms with Crippen molar-refractivity contribution in [3.63, 3.8) is 0 Å². The molecule has 0 spiro atoms. The first-order valence-electron chi connectivity index (χ1n) is 23.3. The van der Waals surface area contributed by atoms with Crippen LogP contribution in [0.5, 0.6) is 0 Å². The molecule has 1 heterocycles. The van der Waals surface area contributed by atoms with Gasteiger partial charge in [-0.25, -0.2) is 0 Å². The monoisotopic (exact) mass is 920 g/mol. The van der Waals surface area contributed by atoms with E-state index in [1.54, 1.807) is 11.8 Å². The Balaban J connectivity index is 0.893. The van der Waals surface area contributed by atoms with Gasteiger partial charge in [0.05, 0.1) is 0 Å². The highest BCUT2D eigenvalue weighted by Crippen LogP contribution is 2.45. The molecular weight excluding hydrogens is 873 g/mol. The summed E-state index contributed by atoms with van der Waals surface area (Å²) in [5.41, 5.74) is 18.6. The van der Waals surface area contributed by atoms with Gasteiger partial charge in [0.1, 0.15) is 0 Å². The van der Waals surface area contributed by atoms with Gasteiger partial charge in [-0.2, -0.15) is 0 Å². The number of thioether (sulfide) groups is 1. The summed E-state index contributed by atoms with van der Waals surface area (Å²) in [6.07, 6.45) is 2.18. The Labute approximate surface area is 414 Å². The molecule has 69 heavy (non-hydrogen) atoms. The topological polar surface area (TPSA) is 6.48 Å². The van der Waals surface area contributed by atoms with Crippen LogP contribution in [0.2, 0.25) is 0 Å². The quantitative estimate of drug-likeness (QED) is 0.106. The Morgan fingerprint density at radius 3 is 0.754 bits per heavy atom. The summed E-state index contributed by atoms with van der Waals surface area (Å²) in [5.74, 6) is 0. The van der Waals surface area contributed by atoms with E-state index >= 15 is 0 Å². The Morgan fingerprint density at radius 1 is 0.261 bits per heavy atom. The van der Waals surface area contributed by atoms with Gasteiger partial charge in [0.2, 0.25) is 0 Å². The van der Waals surface area contributed by atoms with Crippen molar-refractivity contribution in [1.29, 1.82) is 0 Å². The molecule has 10 aromatic carbocycles. The summed E-state index contributed by atoms with van der Waals surface area (Å²) in [7, 11) is 0. The normalized spacial score (nSPS) is 11.0. The third-order valence-electron chi connectivity index (χ3n) is 12.6. The van der Waals surface area contributed by atoms with Crippen LogP contribution >= 0.6 is 23.1 Å². The molecule has 0 saturated heterocycles. The molecule has 11 aromatic rings. The van der Waals surface area contributed by atoms with E-state index in [0.29, 0.717) is 0 Å². The Kier molecular flexibility index (Phi) is 12.6. The first-order valence-corrected chi connectivity index (χ1v) is 25.3. The zero-order chi connectivity index (χ0) is 46.4. The van der Waals surface area contributed by atoms with Crippen molar-refractivity contribution in [2.24, 2.45) is 0 Å². The molecule has 0 saturated carbocycles. The smallest absolute Gasteiger partial charge is 0.0485 e. The van der Waals surface area contributed by atoms with Crippen molar-refractivity contribution in [3.05, 3.63) is 273 Å². The van der Waals surface area contributed by atoms with Crippen LogP contribution < -0.4 is 9.80 Å². The third-order valence-corrected chi connectivity index (χ3v) is 14.8. The molecule has 0 atom stereocenters. The molecule has 0 radical (unpaired) electrons. The third kappa shape index (κ3) is 9.42. The Morgan fingerprint density at radius 2 is 0.493 bits per heavy atom. The minimum Gasteiger partial charge on any atom is -0.311 e. The van der Waals surface area contributed by atoms with Crippen LogP contribution in [0.25, 0.3) is 65.4 Å². The number of anilines is 6. The van der Waals surface area contributed by atoms with Gasteiger partial charge in [-0.1, -0.05) is 194 Å². The summed E-state index contributed by atoms with van der Waals surface area (Å²) in [6, 6.07) is 98.4. The van der Waals surface area contributed by atoms with E-state index in [9.17, 15) is 0 Å². The average Bonchev–Trinajstić information content (AvgIpc) is 3.88. The zero-order valence-electron chi connectivity index (χ0n) is 38.2. The lowest BCUT2D eigenvalue weighted by Gasteiger charge is -2.26. The fourth-order valence-corrected chi connectivity index (χ4v) is 11.1. The van der Waals surface area contributed by atoms with Crippen LogP contribution in [0.1, 0.15) is 0 Å². The zero-order valence-corrected chi connectivity index (χ0v) is 39.8. The second kappa shape index (κ2) is 20.0. The van der Waals surface area contributed by atoms with Crippen LogP contribution in [-0.4, -0.2) is 6.26 Å². The molecule has 11 rings (SSSR count). The number of hydrogen-bond donors (Lipinski definition) is 0. The number of hydrogen-bond acceptors (Lipinski definition) is 4. The molecule has 0 N–H and O–H groups in total. The van der Waals surface area contributed by atoms with E-state index in [4.69, 9.17) is 0 Å². The molecule has 0 fully saturated rings. The van der Waals surface area contributed by atoms with Crippen molar-refractivity contribution < 1.29 is 0 Å². The average molecular weight is 921 g/mol. The van der Waals surface area contributed by atoms with Crippen molar-refractivity contribution >= 4 is 57.2 Å². The lowest BCUT2D eigenvalue weighted by atomic mass is 10.0. The molecule has 2 nitrogen and oxygen atoms in total. The number of rotatable bonds is 13. The summed E-state index contributed by atoms with van der Waals surface area (Å²) < 4.78 is 0. The minimum atomic E-state index is 1.10. The SMILES string of the molecule is CSc1cc(-c2ccc(N(c3ccc(-c4ccccc4)cc3)c3ccc(-c4ccccc4)cc3)cc2)sc1-c1ccc(N(c2ccc(-c3ccccc3)cc2)c2ccc(-c3ccccc3)cc2)cc1. The van der Waals surface area contributed by atoms with Crippen LogP contribution in [0.15, 0.2) is 278 Å². The molecule has 0 bridgehead atoms. The fourth-order valence-electron chi connectivity index (χ4n) is 9.03. The first-order chi connectivity index (χ1) is 34.1. The predicted molar refractivity (Wildman–Crippen MR) is 298 cm³/mol. The van der Waals surface area contributed by atoms with Gasteiger partial charge in [0, 0.05) is 48.8 Å². The van der Waals surface area contributed by atoms with Gasteiger partial charge >= 0.3 is 0 Å². The molecule has 4 heteroatoms. The fraction of sp³-hybridized carbons (Fsp3) is 0.0154. The van der Waals surface area contributed by atoms with Gasteiger partial charge in [0.15, 0.2) is 0 Å². The van der Waals surface area contributed by atoms with Crippen LogP contribution in [0.4, 0.5) is 34.1 Å². The van der Waals surface area contributed by atoms with E-state index in [-0.39, 0.29) is 0 Å². The van der Waals surface area contributed by atoms with E-state index in [0.717, 1.165) is 34.1 Å². The largest absolute Gasteiger partial charge is 0.311 e. The van der Waals surface area contributed by atoms with Gasteiger partial charge in [0.25, 0.3) is 0 Å². The van der Waals surface area contributed by atoms with Gasteiger partial charge in [-0.3, -0.25) is 0 Å². The maximum atomic E-state index is 2.35. The first kappa shape index (κ1) is 43.4. The van der Waals surface area contributed by atoms with E-state index in [2.05, 4.69) is 289 Å². The van der Waals surface area contributed by atoms with Gasteiger partial charge in [-0.15, -0.1) is 23.1 Å². The van der Waals surface area contributed by atoms with Crippen molar-refractivity contribution in [2.45, 2.75) is 4.90 Å². The molecular formula is C65H48N2S2. The molecule has 1 aromatic heterocycles. The Hall–Kier alpha value is -8.15.